The lowest BCUT2D eigenvalue weighted by Crippen LogP contribution is -1.98. The van der Waals surface area contributed by atoms with E-state index in [1.807, 2.05) is 0 Å². The lowest BCUT2D eigenvalue weighted by Gasteiger charge is -2.04. The Morgan fingerprint density at radius 2 is 0.511 bits per heavy atom. The molecule has 3 N–H and O–H groups in total. The molecule has 0 aromatic heterocycles. The van der Waals surface area contributed by atoms with Crippen molar-refractivity contribution in [1.29, 1.82) is 0 Å². The Balaban J connectivity index is -0.000000715. The Morgan fingerprint density at radius 1 is 0.298 bits per heavy atom. The summed E-state index contributed by atoms with van der Waals surface area (Å²) in [5, 5.41) is 26.0. The summed E-state index contributed by atoms with van der Waals surface area (Å²) in [5.74, 6) is 0. The molecule has 0 spiro atoms. The zero-order chi connectivity index (χ0) is 35.0. The van der Waals surface area contributed by atoms with Crippen LogP contribution < -0.4 is 0 Å². The van der Waals surface area contributed by atoms with Crippen molar-refractivity contribution in [1.82, 2.24) is 0 Å². The Hall–Kier alpha value is 0.320. The van der Waals surface area contributed by atoms with Crippen molar-refractivity contribution in [2.45, 2.75) is 232 Å². The highest BCUT2D eigenvalue weighted by molar-refractivity contribution is 9.09. The molecule has 47 heavy (non-hydrogen) atoms. The van der Waals surface area contributed by atoms with Crippen LogP contribution in [0.3, 0.4) is 0 Å². The van der Waals surface area contributed by atoms with Crippen LogP contribution in [0.1, 0.15) is 232 Å². The molecule has 0 aliphatic rings. The smallest absolute Gasteiger partial charge is 0.0466 e. The molecule has 4 nitrogen and oxygen atoms in total. The van der Waals surface area contributed by atoms with Gasteiger partial charge >= 0.3 is 0 Å². The van der Waals surface area contributed by atoms with E-state index in [2.05, 4.69) is 29.8 Å². The Labute approximate surface area is 305 Å². The number of rotatable bonds is 38. The van der Waals surface area contributed by atoms with Crippen molar-refractivity contribution in [3.8, 4) is 0 Å². The molecule has 288 valence electrons. The minimum Gasteiger partial charge on any atom is -0.396 e. The summed E-state index contributed by atoms with van der Waals surface area (Å²) in [5.41, 5.74) is 0. The summed E-state index contributed by atoms with van der Waals surface area (Å²) in [6.07, 6.45) is 46.2. The van der Waals surface area contributed by atoms with E-state index in [0.29, 0.717) is 6.61 Å². The summed E-state index contributed by atoms with van der Waals surface area (Å²) >= 11 is 3.49. The van der Waals surface area contributed by atoms with E-state index in [9.17, 15) is 0 Å². The van der Waals surface area contributed by atoms with Crippen LogP contribution in [0.15, 0.2) is 0 Å². The zero-order valence-corrected chi connectivity index (χ0v) is 34.0. The summed E-state index contributed by atoms with van der Waals surface area (Å²) in [4.78, 5) is 0. The van der Waals surface area contributed by atoms with E-state index in [1.165, 1.54) is 198 Å². The first-order valence-corrected chi connectivity index (χ1v) is 22.3. The van der Waals surface area contributed by atoms with Gasteiger partial charge in [0.15, 0.2) is 0 Å². The maximum Gasteiger partial charge on any atom is 0.0466 e. The molecule has 0 atom stereocenters. The van der Waals surface area contributed by atoms with Gasteiger partial charge in [0.05, 0.1) is 0 Å². The molecule has 0 amide bonds. The number of alkyl halides is 1. The van der Waals surface area contributed by atoms with Gasteiger partial charge in [-0.25, -0.2) is 0 Å². The van der Waals surface area contributed by atoms with Gasteiger partial charge in [-0.2, -0.15) is 0 Å². The fourth-order valence-corrected chi connectivity index (χ4v) is 6.08. The van der Waals surface area contributed by atoms with Gasteiger partial charge < -0.3 is 20.1 Å². The van der Waals surface area contributed by atoms with E-state index >= 15 is 0 Å². The third-order valence-electron chi connectivity index (χ3n) is 8.89. The summed E-state index contributed by atoms with van der Waals surface area (Å²) < 4.78 is 5.54. The minimum atomic E-state index is 0.195. The molecule has 0 aromatic rings. The summed E-state index contributed by atoms with van der Waals surface area (Å²) in [7, 11) is 0. The van der Waals surface area contributed by atoms with Gasteiger partial charge in [0.25, 0.3) is 0 Å². The van der Waals surface area contributed by atoms with E-state index < -0.39 is 0 Å². The number of ether oxygens (including phenoxy) is 1. The average molecular weight is 738 g/mol. The van der Waals surface area contributed by atoms with E-state index in [-0.39, 0.29) is 13.2 Å². The predicted octanol–water partition coefficient (Wildman–Crippen LogP) is 13.7. The van der Waals surface area contributed by atoms with Crippen LogP contribution in [0.25, 0.3) is 0 Å². The number of hydrogen-bond donors (Lipinski definition) is 3. The molecule has 0 rings (SSSR count). The van der Waals surface area contributed by atoms with E-state index in [0.717, 1.165) is 38.9 Å². The van der Waals surface area contributed by atoms with E-state index in [4.69, 9.17) is 20.1 Å². The predicted molar refractivity (Wildman–Crippen MR) is 214 cm³/mol. The first-order valence-electron chi connectivity index (χ1n) is 21.2. The van der Waals surface area contributed by atoms with Crippen molar-refractivity contribution in [3.05, 3.63) is 0 Å². The molecule has 5 heteroatoms. The zero-order valence-electron chi connectivity index (χ0n) is 32.4. The number of unbranched alkanes of at least 4 members (excludes halogenated alkanes) is 30. The van der Waals surface area contributed by atoms with Gasteiger partial charge in [0.1, 0.15) is 0 Å². The highest BCUT2D eigenvalue weighted by Crippen LogP contribution is 2.15. The molecule has 0 saturated carbocycles. The molecular formula is C42H89BrO4. The Bertz CT molecular complexity index is 426. The molecule has 0 aliphatic carbocycles. The first kappa shape index (κ1) is 51.7. The minimum absolute atomic E-state index is 0.195. The maximum absolute atomic E-state index is 8.65. The molecule has 0 unspecified atom stereocenters. The molecule has 0 bridgehead atoms. The van der Waals surface area contributed by atoms with Crippen LogP contribution in [0.5, 0.6) is 0 Å². The molecule has 0 aliphatic heterocycles. The maximum atomic E-state index is 8.65. The van der Waals surface area contributed by atoms with Crippen LogP contribution in [0.4, 0.5) is 0 Å². The van der Waals surface area contributed by atoms with Gasteiger partial charge in [-0.1, -0.05) is 210 Å². The molecule has 0 fully saturated rings. The number of halogens is 1. The second kappa shape index (κ2) is 55.7. The first-order chi connectivity index (χ1) is 23.2. The SMILES string of the molecule is CCCCCCCCCCCCCCCCCBr.CCCCCCCCCCCCCCCCCOCCCCO.OCCCCO. The third kappa shape index (κ3) is 62.0. The van der Waals surface area contributed by atoms with Crippen molar-refractivity contribution in [2.24, 2.45) is 0 Å². The molecule has 0 aromatic carbocycles. The second-order valence-corrected chi connectivity index (χ2v) is 14.6. The monoisotopic (exact) mass is 737 g/mol. The van der Waals surface area contributed by atoms with Gasteiger partial charge in [-0.15, -0.1) is 0 Å². The standard InChI is InChI=1S/C21H44O2.C17H35Br.C4H10O2/c1-2-3-4-5-6-7-8-9-10-11-12-13-14-15-17-20-23-21-18-16-19-22;1-2-3-4-5-6-7-8-9-10-11-12-13-14-15-16-17-18;5-3-1-2-4-6/h22H,2-21H2,1H3;2-17H2,1H3;5-6H,1-4H2. The van der Waals surface area contributed by atoms with Crippen molar-refractivity contribution < 1.29 is 20.1 Å². The van der Waals surface area contributed by atoms with Gasteiger partial charge in [0.2, 0.25) is 0 Å². The van der Waals surface area contributed by atoms with Crippen LogP contribution >= 0.6 is 15.9 Å². The quantitative estimate of drug-likeness (QED) is 0.0436. The topological polar surface area (TPSA) is 69.9 Å². The van der Waals surface area contributed by atoms with Crippen molar-refractivity contribution in [3.63, 3.8) is 0 Å². The van der Waals surface area contributed by atoms with Crippen LogP contribution in [-0.2, 0) is 4.74 Å². The summed E-state index contributed by atoms with van der Waals surface area (Å²) in [6.45, 7) is 6.99. The van der Waals surface area contributed by atoms with E-state index in [1.54, 1.807) is 0 Å². The number of hydrogen-bond acceptors (Lipinski definition) is 4. The fraction of sp³-hybridized carbons (Fsp3) is 1.00. The van der Waals surface area contributed by atoms with Crippen LogP contribution in [-0.4, -0.2) is 53.7 Å². The Morgan fingerprint density at radius 3 is 0.766 bits per heavy atom. The number of aliphatic hydroxyl groups excluding tert-OH is 3. The van der Waals surface area contributed by atoms with Crippen molar-refractivity contribution in [2.75, 3.05) is 38.4 Å². The highest BCUT2D eigenvalue weighted by Gasteiger charge is 1.96. The fourth-order valence-electron chi connectivity index (χ4n) is 5.68. The Kier molecular flexibility index (Phi) is 61.3. The average Bonchev–Trinajstić information content (AvgIpc) is 3.09. The second-order valence-electron chi connectivity index (χ2n) is 13.8. The highest BCUT2D eigenvalue weighted by atomic mass is 79.9. The van der Waals surface area contributed by atoms with Gasteiger partial charge in [-0.3, -0.25) is 0 Å². The van der Waals surface area contributed by atoms with Gasteiger partial charge in [0, 0.05) is 38.4 Å². The van der Waals surface area contributed by atoms with Crippen LogP contribution in [0, 0.1) is 0 Å². The number of aliphatic hydroxyl groups is 3. The summed E-state index contributed by atoms with van der Waals surface area (Å²) in [6, 6.07) is 0. The van der Waals surface area contributed by atoms with Crippen molar-refractivity contribution >= 4 is 15.9 Å². The molecule has 0 saturated heterocycles. The lowest BCUT2D eigenvalue weighted by atomic mass is 10.0. The third-order valence-corrected chi connectivity index (χ3v) is 9.45. The molecule has 0 heterocycles. The van der Waals surface area contributed by atoms with Gasteiger partial charge in [-0.05, 0) is 38.5 Å². The van der Waals surface area contributed by atoms with Crippen LogP contribution in [0.2, 0.25) is 0 Å². The normalized spacial score (nSPS) is 10.9. The molecular weight excluding hydrogens is 648 g/mol. The molecule has 0 radical (unpaired) electrons. The largest absolute Gasteiger partial charge is 0.396 e. The lowest BCUT2D eigenvalue weighted by molar-refractivity contribution is 0.121.